The van der Waals surface area contributed by atoms with Gasteiger partial charge in [0.15, 0.2) is 0 Å². The van der Waals surface area contributed by atoms with Crippen LogP contribution in [0.2, 0.25) is 0 Å². The quantitative estimate of drug-likeness (QED) is 0.202. The van der Waals surface area contributed by atoms with Crippen molar-refractivity contribution in [1.29, 1.82) is 0 Å². The van der Waals surface area contributed by atoms with Crippen LogP contribution in [-0.4, -0.2) is 42.7 Å². The highest BCUT2D eigenvalue weighted by molar-refractivity contribution is 5.88. The van der Waals surface area contributed by atoms with Crippen LogP contribution in [0.15, 0.2) is 70.0 Å². The molecule has 8 nitrogen and oxygen atoms in total. The fourth-order valence-electron chi connectivity index (χ4n) is 3.89. The molecule has 0 fully saturated rings. The van der Waals surface area contributed by atoms with Crippen LogP contribution < -0.4 is 20.2 Å². The fraction of sp³-hybridized carbons (Fsp3) is 0.321. The first-order valence-corrected chi connectivity index (χ1v) is 12.2. The van der Waals surface area contributed by atoms with Gasteiger partial charge in [0.1, 0.15) is 17.1 Å². The van der Waals surface area contributed by atoms with Crippen molar-refractivity contribution in [2.24, 2.45) is 0 Å². The molecule has 0 radical (unpaired) electrons. The normalized spacial score (nSPS) is 10.9. The lowest BCUT2D eigenvalue weighted by Gasteiger charge is -2.17. The molecule has 37 heavy (non-hydrogen) atoms. The lowest BCUT2D eigenvalue weighted by Crippen LogP contribution is -2.27. The molecule has 1 N–H and O–H groups in total. The Kier molecular flexibility index (Phi) is 10.3. The number of ether oxygens (including phenoxy) is 2. The van der Waals surface area contributed by atoms with Gasteiger partial charge in [-0.3, -0.25) is 4.79 Å². The van der Waals surface area contributed by atoms with Crippen LogP contribution in [0.25, 0.3) is 22.1 Å². The van der Waals surface area contributed by atoms with E-state index in [9.17, 15) is 9.59 Å². The first-order valence-electron chi connectivity index (χ1n) is 12.2. The molecule has 0 spiro atoms. The van der Waals surface area contributed by atoms with Crippen molar-refractivity contribution < 1.29 is 18.7 Å². The first kappa shape index (κ1) is 28.0. The number of nitrogens with zero attached hydrogens (tertiary/aromatic N) is 2. The van der Waals surface area contributed by atoms with Gasteiger partial charge in [-0.25, -0.2) is 9.78 Å². The molecule has 0 bridgehead atoms. The van der Waals surface area contributed by atoms with Crippen LogP contribution in [-0.2, 0) is 6.54 Å². The molecule has 1 amide bonds. The van der Waals surface area contributed by atoms with E-state index < -0.39 is 6.09 Å². The molecule has 0 aliphatic carbocycles. The summed E-state index contributed by atoms with van der Waals surface area (Å²) in [6.07, 6.45) is 3.93. The number of hydrogen-bond acceptors (Lipinski definition) is 7. The van der Waals surface area contributed by atoms with E-state index in [1.54, 1.807) is 42.6 Å². The molecule has 2 aromatic heterocycles. The zero-order valence-electron chi connectivity index (χ0n) is 21.1. The second kappa shape index (κ2) is 13.6. The summed E-state index contributed by atoms with van der Waals surface area (Å²) in [4.78, 5) is 30.8. The Morgan fingerprint density at radius 2 is 1.92 bits per heavy atom. The Hall–Kier alpha value is -3.62. The van der Waals surface area contributed by atoms with Crippen LogP contribution in [0.4, 0.5) is 4.79 Å². The molecule has 0 saturated heterocycles. The van der Waals surface area contributed by atoms with Crippen molar-refractivity contribution in [2.75, 3.05) is 26.7 Å². The van der Waals surface area contributed by atoms with E-state index in [1.807, 2.05) is 25.2 Å². The van der Waals surface area contributed by atoms with Gasteiger partial charge in [-0.15, -0.1) is 12.4 Å². The zero-order valence-corrected chi connectivity index (χ0v) is 21.9. The second-order valence-corrected chi connectivity index (χ2v) is 8.70. The number of hydrogen-bond donors (Lipinski definition) is 1. The van der Waals surface area contributed by atoms with Crippen molar-refractivity contribution in [2.45, 2.75) is 32.7 Å². The van der Waals surface area contributed by atoms with Gasteiger partial charge in [-0.1, -0.05) is 25.5 Å². The summed E-state index contributed by atoms with van der Waals surface area (Å²) in [5, 5.41) is 3.72. The number of benzene rings is 2. The molecule has 0 unspecified atom stereocenters. The Morgan fingerprint density at radius 1 is 1.05 bits per heavy atom. The maximum Gasteiger partial charge on any atom is 0.412 e. The molecule has 2 heterocycles. The fourth-order valence-corrected chi connectivity index (χ4v) is 3.89. The number of fused-ring (bicyclic) bond motifs is 2. The maximum atomic E-state index is 12.6. The third kappa shape index (κ3) is 7.68. The van der Waals surface area contributed by atoms with E-state index in [4.69, 9.17) is 13.9 Å². The Morgan fingerprint density at radius 3 is 2.76 bits per heavy atom. The number of pyridine rings is 1. The summed E-state index contributed by atoms with van der Waals surface area (Å²) < 4.78 is 17.1. The van der Waals surface area contributed by atoms with Crippen molar-refractivity contribution >= 4 is 40.6 Å². The third-order valence-corrected chi connectivity index (χ3v) is 5.73. The molecule has 0 aliphatic heterocycles. The molecule has 0 atom stereocenters. The average Bonchev–Trinajstić information content (AvgIpc) is 2.87. The zero-order chi connectivity index (χ0) is 25.3. The van der Waals surface area contributed by atoms with Gasteiger partial charge in [0.25, 0.3) is 0 Å². The molecule has 196 valence electrons. The molecule has 9 heteroatoms. The minimum Gasteiger partial charge on any atom is -0.493 e. The predicted octanol–water partition coefficient (Wildman–Crippen LogP) is 5.55. The van der Waals surface area contributed by atoms with Crippen LogP contribution in [0.5, 0.6) is 11.5 Å². The van der Waals surface area contributed by atoms with Crippen molar-refractivity contribution in [1.82, 2.24) is 15.2 Å². The highest BCUT2D eigenvalue weighted by atomic mass is 35.5. The smallest absolute Gasteiger partial charge is 0.412 e. The number of rotatable bonds is 11. The minimum atomic E-state index is -0.427. The minimum absolute atomic E-state index is 0. The summed E-state index contributed by atoms with van der Waals surface area (Å²) in [7, 11) is 2.04. The van der Waals surface area contributed by atoms with E-state index in [2.05, 4.69) is 22.1 Å². The predicted molar refractivity (Wildman–Crippen MR) is 147 cm³/mol. The van der Waals surface area contributed by atoms with E-state index >= 15 is 0 Å². The largest absolute Gasteiger partial charge is 0.493 e. The van der Waals surface area contributed by atoms with Crippen molar-refractivity contribution in [3.8, 4) is 11.5 Å². The van der Waals surface area contributed by atoms with Gasteiger partial charge in [0.05, 0.1) is 17.4 Å². The van der Waals surface area contributed by atoms with E-state index in [1.165, 1.54) is 0 Å². The lowest BCUT2D eigenvalue weighted by atomic mass is 10.2. The number of carbonyl (C=O) groups excluding carboxylic acids is 1. The summed E-state index contributed by atoms with van der Waals surface area (Å²) in [6.45, 7) is 4.74. The highest BCUT2D eigenvalue weighted by Crippen LogP contribution is 2.22. The third-order valence-electron chi connectivity index (χ3n) is 5.73. The Labute approximate surface area is 222 Å². The monoisotopic (exact) mass is 525 g/mol. The van der Waals surface area contributed by atoms with Crippen molar-refractivity contribution in [3.05, 3.63) is 76.6 Å². The van der Waals surface area contributed by atoms with Crippen LogP contribution in [0, 0.1) is 0 Å². The summed E-state index contributed by atoms with van der Waals surface area (Å²) in [5.41, 5.74) is 1.74. The van der Waals surface area contributed by atoms with Gasteiger partial charge >= 0.3 is 6.09 Å². The summed E-state index contributed by atoms with van der Waals surface area (Å²) in [6, 6.07) is 16.2. The van der Waals surface area contributed by atoms with E-state index in [0.717, 1.165) is 37.9 Å². The number of amides is 1. The van der Waals surface area contributed by atoms with Gasteiger partial charge in [-0.2, -0.15) is 0 Å². The average molecular weight is 526 g/mol. The molecule has 4 rings (SSSR count). The molecule has 2 aromatic carbocycles. The lowest BCUT2D eigenvalue weighted by molar-refractivity contribution is 0.200. The van der Waals surface area contributed by atoms with Crippen molar-refractivity contribution in [3.63, 3.8) is 0 Å². The van der Waals surface area contributed by atoms with Crippen LogP contribution >= 0.6 is 12.4 Å². The number of unbranched alkanes of at least 4 members (excludes halogenated alkanes) is 1. The van der Waals surface area contributed by atoms with Gasteiger partial charge in [0, 0.05) is 31.9 Å². The Bertz CT molecular complexity index is 1390. The molecule has 0 aliphatic rings. The standard InChI is InChI=1S/C28H31N3O5.ClH/c1-3-4-13-30-28(33)35-22-9-5-8-20(17-22)19-31(2)15-7-16-34-21-11-12-23-25(18-21)36-27-24(26(23)32)10-6-14-29-27;/h5-6,8-12,14,17-18H,3-4,7,13,15-16,19H2,1-2H3,(H,30,33);1H. The van der Waals surface area contributed by atoms with E-state index in [0.29, 0.717) is 46.7 Å². The van der Waals surface area contributed by atoms with Gasteiger partial charge in [-0.05, 0) is 61.9 Å². The number of aromatic nitrogens is 1. The van der Waals surface area contributed by atoms with Crippen LogP contribution in [0.1, 0.15) is 31.7 Å². The number of nitrogens with one attached hydrogen (secondary N) is 1. The molecular formula is C28H32ClN3O5. The second-order valence-electron chi connectivity index (χ2n) is 8.70. The SMILES string of the molecule is CCCCNC(=O)Oc1cccc(CN(C)CCCOc2ccc3c(=O)c4cccnc4oc3c2)c1.Cl. The van der Waals surface area contributed by atoms with Crippen LogP contribution in [0.3, 0.4) is 0 Å². The van der Waals surface area contributed by atoms with Gasteiger partial charge < -0.3 is 24.1 Å². The highest BCUT2D eigenvalue weighted by Gasteiger charge is 2.10. The van der Waals surface area contributed by atoms with E-state index in [-0.39, 0.29) is 17.8 Å². The molecular weight excluding hydrogens is 494 g/mol. The summed E-state index contributed by atoms with van der Waals surface area (Å²) >= 11 is 0. The molecule has 0 saturated carbocycles. The maximum absolute atomic E-state index is 12.6. The number of halogens is 1. The van der Waals surface area contributed by atoms with Gasteiger partial charge in [0.2, 0.25) is 11.1 Å². The Balaban J connectivity index is 0.00000380. The number of carbonyl (C=O) groups is 1. The topological polar surface area (TPSA) is 93.9 Å². The molecule has 4 aromatic rings. The summed E-state index contributed by atoms with van der Waals surface area (Å²) in [5.74, 6) is 1.18. The first-order chi connectivity index (χ1) is 17.5.